The van der Waals surface area contributed by atoms with Crippen molar-refractivity contribution in [1.82, 2.24) is 24.8 Å². The number of hydrogen-bond acceptors (Lipinski definition) is 7. The Labute approximate surface area is 180 Å². The lowest BCUT2D eigenvalue weighted by Gasteiger charge is -2.17. The highest BCUT2D eigenvalue weighted by atomic mass is 16.7. The second-order valence-electron chi connectivity index (χ2n) is 7.27. The van der Waals surface area contributed by atoms with Crippen molar-refractivity contribution in [1.29, 1.82) is 5.41 Å². The molecule has 0 saturated carbocycles. The summed E-state index contributed by atoms with van der Waals surface area (Å²) in [4.78, 5) is 25.7. The zero-order valence-electron chi connectivity index (χ0n) is 17.5. The van der Waals surface area contributed by atoms with Crippen LogP contribution in [0, 0.1) is 18.3 Å². The quantitative estimate of drug-likeness (QED) is 0.541. The molecule has 4 rings (SSSR count). The number of carbonyl (C=O) groups excluding carboxylic acids is 1. The number of ether oxygens (including phenoxy) is 2. The number of fused-ring (bicyclic) bond motifs is 1. The molecule has 2 N–H and O–H groups in total. The van der Waals surface area contributed by atoms with Gasteiger partial charge >= 0.3 is 0 Å². The van der Waals surface area contributed by atoms with E-state index in [4.69, 9.17) is 14.9 Å². The molecule has 0 fully saturated rings. The molecule has 0 spiro atoms. The lowest BCUT2D eigenvalue weighted by atomic mass is 9.96. The minimum atomic E-state index is -0.596. The van der Waals surface area contributed by atoms with Gasteiger partial charge in [0.25, 0.3) is 0 Å². The highest BCUT2D eigenvalue weighted by Crippen LogP contribution is 2.32. The van der Waals surface area contributed by atoms with Gasteiger partial charge in [-0.15, -0.1) is 0 Å². The molecule has 2 aromatic heterocycles. The van der Waals surface area contributed by atoms with E-state index in [2.05, 4.69) is 20.3 Å². The molecule has 0 saturated heterocycles. The molecule has 3 heterocycles. The van der Waals surface area contributed by atoms with Crippen molar-refractivity contribution in [2.75, 3.05) is 13.3 Å². The Balaban J connectivity index is 1.41. The van der Waals surface area contributed by atoms with E-state index in [1.807, 2.05) is 32.0 Å². The van der Waals surface area contributed by atoms with Gasteiger partial charge < -0.3 is 20.2 Å². The Bertz CT molecular complexity index is 1100. The van der Waals surface area contributed by atoms with E-state index in [0.29, 0.717) is 31.0 Å². The molecule has 0 radical (unpaired) electrons. The van der Waals surface area contributed by atoms with Crippen molar-refractivity contribution in [2.45, 2.75) is 26.7 Å². The number of carbonyl (C=O) groups is 1. The van der Waals surface area contributed by atoms with Gasteiger partial charge in [-0.2, -0.15) is 0 Å². The first kappa shape index (κ1) is 20.5. The number of aryl methyl sites for hydroxylation is 1. The maximum Gasteiger partial charge on any atom is 0.235 e. The maximum atomic E-state index is 12.8. The van der Waals surface area contributed by atoms with Gasteiger partial charge in [-0.25, -0.2) is 15.0 Å². The first-order valence-electron chi connectivity index (χ1n) is 10.1. The van der Waals surface area contributed by atoms with Crippen molar-refractivity contribution >= 4 is 11.6 Å². The molecular formula is C22H24N6O3. The molecule has 9 nitrogen and oxygen atoms in total. The van der Waals surface area contributed by atoms with Crippen LogP contribution in [0.1, 0.15) is 30.3 Å². The predicted molar refractivity (Wildman–Crippen MR) is 114 cm³/mol. The molecule has 160 valence electrons. The molecule has 3 aromatic rings. The van der Waals surface area contributed by atoms with Crippen LogP contribution in [0.2, 0.25) is 0 Å². The van der Waals surface area contributed by atoms with Gasteiger partial charge in [0.05, 0.1) is 17.3 Å². The minimum Gasteiger partial charge on any atom is -0.454 e. The molecule has 1 unspecified atom stereocenters. The van der Waals surface area contributed by atoms with E-state index in [-0.39, 0.29) is 18.4 Å². The molecule has 1 aliphatic heterocycles. The Morgan fingerprint density at radius 2 is 2.10 bits per heavy atom. The van der Waals surface area contributed by atoms with E-state index < -0.39 is 5.92 Å². The molecule has 1 amide bonds. The SMILES string of the molecule is CCC(C(=N)c1cc(C)nc(-n2ccnc2)n1)C(=O)NCCc1ccc2c(c1)OCO2. The topological polar surface area (TPSA) is 115 Å². The number of nitrogens with one attached hydrogen (secondary N) is 2. The normalized spacial score (nSPS) is 13.1. The van der Waals surface area contributed by atoms with Crippen molar-refractivity contribution < 1.29 is 14.3 Å². The fourth-order valence-electron chi connectivity index (χ4n) is 3.43. The van der Waals surface area contributed by atoms with E-state index >= 15 is 0 Å². The summed E-state index contributed by atoms with van der Waals surface area (Å²) < 4.78 is 12.4. The molecule has 0 aliphatic carbocycles. The van der Waals surface area contributed by atoms with E-state index in [9.17, 15) is 4.79 Å². The summed E-state index contributed by atoms with van der Waals surface area (Å²) in [6.45, 7) is 4.43. The Morgan fingerprint density at radius 3 is 2.87 bits per heavy atom. The van der Waals surface area contributed by atoms with Crippen LogP contribution in [0.4, 0.5) is 0 Å². The summed E-state index contributed by atoms with van der Waals surface area (Å²) in [5, 5.41) is 11.6. The molecule has 0 bridgehead atoms. The van der Waals surface area contributed by atoms with Crippen molar-refractivity contribution in [2.24, 2.45) is 5.92 Å². The molecule has 1 aromatic carbocycles. The van der Waals surface area contributed by atoms with Crippen LogP contribution in [0.25, 0.3) is 5.95 Å². The highest BCUT2D eigenvalue weighted by Gasteiger charge is 2.24. The average Bonchev–Trinajstić information content (AvgIpc) is 3.45. The second-order valence-corrected chi connectivity index (χ2v) is 7.27. The van der Waals surface area contributed by atoms with Crippen molar-refractivity contribution in [3.8, 4) is 17.4 Å². The van der Waals surface area contributed by atoms with Gasteiger partial charge in [0.15, 0.2) is 11.5 Å². The summed E-state index contributed by atoms with van der Waals surface area (Å²) in [5.74, 6) is 1.11. The molecule has 1 atom stereocenters. The van der Waals surface area contributed by atoms with Gasteiger partial charge in [0.1, 0.15) is 6.33 Å². The number of benzene rings is 1. The summed E-state index contributed by atoms with van der Waals surface area (Å²) in [5.41, 5.74) is 2.38. The highest BCUT2D eigenvalue weighted by molar-refractivity contribution is 6.10. The number of hydrogen-bond donors (Lipinski definition) is 2. The molecular weight excluding hydrogens is 396 g/mol. The summed E-state index contributed by atoms with van der Waals surface area (Å²) in [6.07, 6.45) is 6.13. The molecule has 9 heteroatoms. The van der Waals surface area contributed by atoms with Crippen LogP contribution < -0.4 is 14.8 Å². The van der Waals surface area contributed by atoms with Crippen LogP contribution in [-0.4, -0.2) is 44.5 Å². The molecule has 31 heavy (non-hydrogen) atoms. The lowest BCUT2D eigenvalue weighted by molar-refractivity contribution is -0.123. The Morgan fingerprint density at radius 1 is 1.26 bits per heavy atom. The van der Waals surface area contributed by atoms with Crippen LogP contribution in [0.3, 0.4) is 0 Å². The summed E-state index contributed by atoms with van der Waals surface area (Å²) in [6, 6.07) is 7.49. The van der Waals surface area contributed by atoms with E-state index in [1.165, 1.54) is 0 Å². The zero-order valence-corrected chi connectivity index (χ0v) is 17.5. The van der Waals surface area contributed by atoms with Crippen LogP contribution in [0.15, 0.2) is 43.0 Å². The zero-order chi connectivity index (χ0) is 21.8. The smallest absolute Gasteiger partial charge is 0.235 e. The number of amides is 1. The van der Waals surface area contributed by atoms with E-state index in [0.717, 1.165) is 22.8 Å². The minimum absolute atomic E-state index is 0.176. The van der Waals surface area contributed by atoms with Gasteiger partial charge in [0, 0.05) is 24.6 Å². The number of aromatic nitrogens is 4. The van der Waals surface area contributed by atoms with Crippen LogP contribution in [0.5, 0.6) is 11.5 Å². The van der Waals surface area contributed by atoms with Gasteiger partial charge in [-0.05, 0) is 43.5 Å². The van der Waals surface area contributed by atoms with Crippen molar-refractivity contribution in [3.05, 3.63) is 59.9 Å². The Hall–Kier alpha value is -3.75. The third-order valence-corrected chi connectivity index (χ3v) is 5.08. The number of imidazole rings is 1. The second kappa shape index (κ2) is 8.95. The Kier molecular flexibility index (Phi) is 5.92. The monoisotopic (exact) mass is 420 g/mol. The van der Waals surface area contributed by atoms with Crippen LogP contribution in [-0.2, 0) is 11.2 Å². The average molecular weight is 420 g/mol. The standard InChI is InChI=1S/C22H24N6O3/c1-3-16(20(23)17-10-14(2)26-22(27-17)28-9-8-24-12-28)21(29)25-7-6-15-4-5-18-19(11-15)31-13-30-18/h4-5,8-12,16,23H,3,6-7,13H2,1-2H3,(H,25,29). The number of nitrogens with zero attached hydrogens (tertiary/aromatic N) is 4. The first-order chi connectivity index (χ1) is 15.0. The third kappa shape index (κ3) is 4.55. The van der Waals surface area contributed by atoms with Crippen molar-refractivity contribution in [3.63, 3.8) is 0 Å². The first-order valence-corrected chi connectivity index (χ1v) is 10.1. The van der Waals surface area contributed by atoms with Gasteiger partial charge in [0.2, 0.25) is 18.6 Å². The maximum absolute atomic E-state index is 12.8. The fraction of sp³-hybridized carbons (Fsp3) is 0.318. The fourth-order valence-corrected chi connectivity index (χ4v) is 3.43. The summed E-state index contributed by atoms with van der Waals surface area (Å²) >= 11 is 0. The lowest BCUT2D eigenvalue weighted by Crippen LogP contribution is -2.36. The third-order valence-electron chi connectivity index (χ3n) is 5.08. The van der Waals surface area contributed by atoms with Gasteiger partial charge in [-0.1, -0.05) is 13.0 Å². The predicted octanol–water partition coefficient (Wildman–Crippen LogP) is 2.45. The van der Waals surface area contributed by atoms with Gasteiger partial charge in [-0.3, -0.25) is 9.36 Å². The van der Waals surface area contributed by atoms with E-state index in [1.54, 1.807) is 29.4 Å². The largest absolute Gasteiger partial charge is 0.454 e. The van der Waals surface area contributed by atoms with Crippen LogP contribution >= 0.6 is 0 Å². The number of rotatable bonds is 8. The summed E-state index contributed by atoms with van der Waals surface area (Å²) in [7, 11) is 0. The molecule has 1 aliphatic rings.